The van der Waals surface area contributed by atoms with Crippen molar-refractivity contribution < 1.29 is 23.7 Å². The van der Waals surface area contributed by atoms with E-state index >= 15 is 0 Å². The lowest BCUT2D eigenvalue weighted by atomic mass is 10.3. The normalized spacial score (nSPS) is 12.5. The molecule has 0 unspecified atom stereocenters. The topological polar surface area (TPSA) is 66.0 Å². The highest BCUT2D eigenvalue weighted by Crippen LogP contribution is 2.34. The highest BCUT2D eigenvalue weighted by molar-refractivity contribution is 5.80. The third-order valence-electron chi connectivity index (χ3n) is 3.56. The first-order valence-electron chi connectivity index (χ1n) is 8.20. The van der Waals surface area contributed by atoms with E-state index < -0.39 is 6.10 Å². The molecule has 2 aromatic carbocycles. The summed E-state index contributed by atoms with van der Waals surface area (Å²) >= 11 is 0. The summed E-state index contributed by atoms with van der Waals surface area (Å²) in [6.07, 6.45) is -0.593. The van der Waals surface area contributed by atoms with Gasteiger partial charge in [0.2, 0.25) is 6.79 Å². The summed E-state index contributed by atoms with van der Waals surface area (Å²) in [5, 5.41) is 2.71. The van der Waals surface area contributed by atoms with Crippen LogP contribution in [0.15, 0.2) is 48.5 Å². The molecule has 0 saturated carbocycles. The molecule has 0 aromatic heterocycles. The predicted octanol–water partition coefficient (Wildman–Crippen LogP) is 2.38. The summed E-state index contributed by atoms with van der Waals surface area (Å²) in [5.74, 6) is 8.13. The van der Waals surface area contributed by atoms with E-state index in [-0.39, 0.29) is 25.9 Å². The molecule has 1 atom stereocenters. The lowest BCUT2D eigenvalue weighted by Crippen LogP contribution is -2.36. The minimum atomic E-state index is -0.593. The van der Waals surface area contributed by atoms with Crippen molar-refractivity contribution in [2.24, 2.45) is 0 Å². The molecule has 0 saturated heterocycles. The van der Waals surface area contributed by atoms with Gasteiger partial charge in [-0.2, -0.15) is 0 Å². The molecule has 0 bridgehead atoms. The third kappa shape index (κ3) is 4.84. The van der Waals surface area contributed by atoms with Gasteiger partial charge in [0, 0.05) is 6.07 Å². The number of hydrogen-bond donors (Lipinski definition) is 1. The van der Waals surface area contributed by atoms with Crippen molar-refractivity contribution in [2.75, 3.05) is 19.9 Å². The molecule has 1 N–H and O–H groups in total. The summed E-state index contributed by atoms with van der Waals surface area (Å²) in [6, 6.07) is 14.5. The van der Waals surface area contributed by atoms with Gasteiger partial charge in [0.1, 0.15) is 18.1 Å². The van der Waals surface area contributed by atoms with E-state index in [2.05, 4.69) is 17.2 Å². The van der Waals surface area contributed by atoms with Gasteiger partial charge in [0.05, 0.1) is 6.54 Å². The van der Waals surface area contributed by atoms with Gasteiger partial charge in [0.15, 0.2) is 17.6 Å². The first-order chi connectivity index (χ1) is 12.7. The van der Waals surface area contributed by atoms with Gasteiger partial charge in [-0.05, 0) is 31.2 Å². The van der Waals surface area contributed by atoms with Crippen LogP contribution in [0.25, 0.3) is 0 Å². The molecule has 3 rings (SSSR count). The van der Waals surface area contributed by atoms with Gasteiger partial charge in [-0.3, -0.25) is 4.79 Å². The van der Waals surface area contributed by atoms with E-state index in [9.17, 15) is 4.79 Å². The lowest BCUT2D eigenvalue weighted by Gasteiger charge is -2.13. The molecule has 0 fully saturated rings. The molecule has 6 heteroatoms. The second-order valence-electron chi connectivity index (χ2n) is 5.45. The van der Waals surface area contributed by atoms with Crippen molar-refractivity contribution >= 4 is 5.91 Å². The smallest absolute Gasteiger partial charge is 0.261 e. The highest BCUT2D eigenvalue weighted by atomic mass is 16.7. The fourth-order valence-corrected chi connectivity index (χ4v) is 2.23. The molecule has 1 heterocycles. The number of rotatable bonds is 6. The van der Waals surface area contributed by atoms with Crippen molar-refractivity contribution in [1.29, 1.82) is 0 Å². The number of ether oxygens (including phenoxy) is 4. The van der Waals surface area contributed by atoms with Gasteiger partial charge in [-0.1, -0.05) is 30.0 Å². The van der Waals surface area contributed by atoms with E-state index in [1.165, 1.54) is 0 Å². The number of nitrogens with one attached hydrogen (secondary N) is 1. The fraction of sp³-hybridized carbons (Fsp3) is 0.250. The summed E-state index contributed by atoms with van der Waals surface area (Å²) < 4.78 is 21.6. The molecule has 26 heavy (non-hydrogen) atoms. The van der Waals surface area contributed by atoms with Crippen LogP contribution in [0.5, 0.6) is 23.0 Å². The number of carbonyl (C=O) groups excluding carboxylic acids is 1. The monoisotopic (exact) mass is 353 g/mol. The largest absolute Gasteiger partial charge is 0.481 e. The van der Waals surface area contributed by atoms with Gasteiger partial charge >= 0.3 is 0 Å². The van der Waals surface area contributed by atoms with E-state index in [0.29, 0.717) is 23.0 Å². The average molecular weight is 353 g/mol. The molecule has 1 aliphatic rings. The fourth-order valence-electron chi connectivity index (χ4n) is 2.23. The Hall–Kier alpha value is -3.33. The van der Waals surface area contributed by atoms with Crippen molar-refractivity contribution in [1.82, 2.24) is 5.32 Å². The number of amides is 1. The van der Waals surface area contributed by atoms with E-state index in [4.69, 9.17) is 18.9 Å². The molecule has 0 radical (unpaired) electrons. The Bertz CT molecular complexity index is 810. The maximum Gasteiger partial charge on any atom is 0.261 e. The minimum absolute atomic E-state index is 0.214. The Kier molecular flexibility index (Phi) is 5.84. The highest BCUT2D eigenvalue weighted by Gasteiger charge is 2.14. The number of carbonyl (C=O) groups is 1. The molecule has 0 spiro atoms. The molecule has 2 aromatic rings. The van der Waals surface area contributed by atoms with Crippen molar-refractivity contribution in [2.45, 2.75) is 13.0 Å². The van der Waals surface area contributed by atoms with Crippen LogP contribution in [-0.2, 0) is 4.79 Å². The summed E-state index contributed by atoms with van der Waals surface area (Å²) in [4.78, 5) is 11.9. The molecule has 134 valence electrons. The molecule has 1 aliphatic heterocycles. The van der Waals surface area contributed by atoms with Gasteiger partial charge in [-0.15, -0.1) is 0 Å². The van der Waals surface area contributed by atoms with Crippen LogP contribution in [0.4, 0.5) is 0 Å². The summed E-state index contributed by atoms with van der Waals surface area (Å²) in [5.41, 5.74) is 0. The average Bonchev–Trinajstić information content (AvgIpc) is 3.13. The van der Waals surface area contributed by atoms with Crippen molar-refractivity contribution in [3.05, 3.63) is 48.5 Å². The molecule has 0 aliphatic carbocycles. The Morgan fingerprint density at radius 2 is 1.92 bits per heavy atom. The van der Waals surface area contributed by atoms with E-state index in [0.717, 1.165) is 0 Å². The first kappa shape index (κ1) is 17.5. The quantitative estimate of drug-likeness (QED) is 0.808. The first-order valence-corrected chi connectivity index (χ1v) is 8.20. The van der Waals surface area contributed by atoms with Crippen molar-refractivity contribution in [3.63, 3.8) is 0 Å². The molecular weight excluding hydrogens is 334 g/mol. The summed E-state index contributed by atoms with van der Waals surface area (Å²) in [6.45, 7) is 2.36. The van der Waals surface area contributed by atoms with Crippen LogP contribution in [0.3, 0.4) is 0 Å². The Balaban J connectivity index is 1.36. The Morgan fingerprint density at radius 3 is 2.77 bits per heavy atom. The Labute approximate surface area is 152 Å². The number of hydrogen-bond acceptors (Lipinski definition) is 5. The maximum atomic E-state index is 11.9. The minimum Gasteiger partial charge on any atom is -0.481 e. The zero-order valence-electron chi connectivity index (χ0n) is 14.4. The number of para-hydroxylation sites is 1. The second-order valence-corrected chi connectivity index (χ2v) is 5.45. The molecular formula is C20H19NO5. The maximum absolute atomic E-state index is 11.9. The molecule has 1 amide bonds. The number of fused-ring (bicyclic) bond motifs is 1. The Morgan fingerprint density at radius 1 is 1.12 bits per heavy atom. The zero-order chi connectivity index (χ0) is 18.2. The van der Waals surface area contributed by atoms with Crippen LogP contribution in [0.1, 0.15) is 6.92 Å². The second kappa shape index (κ2) is 8.67. The zero-order valence-corrected chi connectivity index (χ0v) is 14.4. The van der Waals surface area contributed by atoms with Crippen LogP contribution in [-0.4, -0.2) is 32.0 Å². The van der Waals surface area contributed by atoms with Gasteiger partial charge in [-0.25, -0.2) is 0 Å². The predicted molar refractivity (Wildman–Crippen MR) is 95.4 cm³/mol. The van der Waals surface area contributed by atoms with Gasteiger partial charge in [0.25, 0.3) is 5.91 Å². The van der Waals surface area contributed by atoms with Crippen molar-refractivity contribution in [3.8, 4) is 34.8 Å². The standard InChI is InChI=1S/C20H19NO5/c1-15(26-16-7-3-2-4-8-16)20(22)21-11-5-6-12-23-17-9-10-18-19(13-17)25-14-24-18/h2-4,7-10,13,15H,11-12,14H2,1H3,(H,21,22)/t15-/m0/s1. The lowest BCUT2D eigenvalue weighted by molar-refractivity contribution is -0.126. The van der Waals surface area contributed by atoms with Crippen LogP contribution in [0, 0.1) is 11.8 Å². The van der Waals surface area contributed by atoms with Crippen LogP contribution < -0.4 is 24.3 Å². The summed E-state index contributed by atoms with van der Waals surface area (Å²) in [7, 11) is 0. The van der Waals surface area contributed by atoms with E-state index in [1.807, 2.05) is 18.2 Å². The third-order valence-corrected chi connectivity index (χ3v) is 3.56. The SMILES string of the molecule is C[C@H](Oc1ccccc1)C(=O)NCC#CCOc1ccc2c(c1)OCO2. The van der Waals surface area contributed by atoms with E-state index in [1.54, 1.807) is 37.3 Å². The van der Waals surface area contributed by atoms with Crippen LogP contribution in [0.2, 0.25) is 0 Å². The number of benzene rings is 2. The van der Waals surface area contributed by atoms with Gasteiger partial charge < -0.3 is 24.3 Å². The van der Waals surface area contributed by atoms with Crippen LogP contribution >= 0.6 is 0 Å². The molecule has 6 nitrogen and oxygen atoms in total.